The van der Waals surface area contributed by atoms with Crippen molar-refractivity contribution in [1.29, 1.82) is 0 Å². The van der Waals surface area contributed by atoms with Gasteiger partial charge in [0, 0.05) is 0 Å². The molecule has 0 unspecified atom stereocenters. The summed E-state index contributed by atoms with van der Waals surface area (Å²) in [5, 5.41) is 8.96. The summed E-state index contributed by atoms with van der Waals surface area (Å²) < 4.78 is 4.90. The van der Waals surface area contributed by atoms with Gasteiger partial charge in [-0.1, -0.05) is 6.92 Å². The Bertz CT molecular complexity index is 282. The van der Waals surface area contributed by atoms with Crippen LogP contribution in [0, 0.1) is 0 Å². The van der Waals surface area contributed by atoms with Gasteiger partial charge in [0.2, 0.25) is 0 Å². The molecule has 0 atom stereocenters. The molecule has 94 valence electrons. The number of phenols is 1. The lowest BCUT2D eigenvalue weighted by molar-refractivity contribution is 0.0505. The Labute approximate surface area is 93.4 Å². The molecule has 0 radical (unpaired) electrons. The summed E-state index contributed by atoms with van der Waals surface area (Å²) in [4.78, 5) is 11.2. The van der Waals surface area contributed by atoms with Crippen LogP contribution < -0.4 is 0 Å². The zero-order valence-corrected chi connectivity index (χ0v) is 8.99. The topological polar surface area (TPSA) is 141 Å². The molecule has 16 heavy (non-hydrogen) atoms. The second-order valence-electron chi connectivity index (χ2n) is 2.68. The first kappa shape index (κ1) is 19.9. The summed E-state index contributed by atoms with van der Waals surface area (Å²) in [5.41, 5.74) is 0.464. The van der Waals surface area contributed by atoms with Crippen LogP contribution >= 0.6 is 0 Å². The molecule has 0 aromatic heterocycles. The van der Waals surface area contributed by atoms with E-state index in [0.717, 1.165) is 6.42 Å². The number of esters is 1. The Hall–Kier alpha value is -1.63. The number of hydrogen-bond acceptors (Lipinski definition) is 3. The highest BCUT2D eigenvalue weighted by Crippen LogP contribution is 2.10. The van der Waals surface area contributed by atoms with Crippen molar-refractivity contribution < 1.29 is 31.1 Å². The molecule has 7 N–H and O–H groups in total. The summed E-state index contributed by atoms with van der Waals surface area (Å²) in [5.74, 6) is -0.200. The largest absolute Gasteiger partial charge is 0.508 e. The van der Waals surface area contributed by atoms with Crippen molar-refractivity contribution in [2.24, 2.45) is 0 Å². The number of ether oxygens (including phenoxy) is 1. The minimum absolute atomic E-state index is 0. The quantitative estimate of drug-likeness (QED) is 0.703. The van der Waals surface area contributed by atoms with E-state index < -0.39 is 0 Å². The van der Waals surface area contributed by atoms with Crippen molar-refractivity contribution in [2.45, 2.75) is 13.3 Å². The molecule has 0 amide bonds. The fraction of sp³-hybridized carbons (Fsp3) is 0.300. The second-order valence-corrected chi connectivity index (χ2v) is 2.68. The van der Waals surface area contributed by atoms with Gasteiger partial charge in [0.15, 0.2) is 0 Å². The monoisotopic (exact) mass is 234 g/mol. The van der Waals surface area contributed by atoms with Gasteiger partial charge >= 0.3 is 5.97 Å². The molecule has 0 heterocycles. The van der Waals surface area contributed by atoms with E-state index in [1.807, 2.05) is 6.92 Å². The highest BCUT2D eigenvalue weighted by Gasteiger charge is 2.05. The highest BCUT2D eigenvalue weighted by molar-refractivity contribution is 5.89. The van der Waals surface area contributed by atoms with Crippen molar-refractivity contribution in [1.82, 2.24) is 0 Å². The van der Waals surface area contributed by atoms with Crippen LogP contribution in [0.1, 0.15) is 23.7 Å². The average Bonchev–Trinajstić information content (AvgIpc) is 2.15. The smallest absolute Gasteiger partial charge is 0.338 e. The minimum atomic E-state index is -0.346. The van der Waals surface area contributed by atoms with Gasteiger partial charge in [0.25, 0.3) is 0 Å². The minimum Gasteiger partial charge on any atom is -0.508 e. The van der Waals surface area contributed by atoms with Gasteiger partial charge in [-0.2, -0.15) is 0 Å². The maximum Gasteiger partial charge on any atom is 0.338 e. The highest BCUT2D eigenvalue weighted by atomic mass is 16.5. The van der Waals surface area contributed by atoms with E-state index in [9.17, 15) is 4.79 Å². The third kappa shape index (κ3) is 5.97. The Morgan fingerprint density at radius 1 is 1.19 bits per heavy atom. The zero-order valence-electron chi connectivity index (χ0n) is 8.99. The van der Waals surface area contributed by atoms with Crippen LogP contribution in [0.4, 0.5) is 0 Å². The Morgan fingerprint density at radius 2 is 1.69 bits per heavy atom. The first-order valence-electron chi connectivity index (χ1n) is 4.20. The summed E-state index contributed by atoms with van der Waals surface area (Å²) in [6.45, 7) is 2.36. The summed E-state index contributed by atoms with van der Waals surface area (Å²) >= 11 is 0. The van der Waals surface area contributed by atoms with E-state index >= 15 is 0 Å². The molecular weight excluding hydrogens is 216 g/mol. The van der Waals surface area contributed by atoms with Crippen LogP contribution in [0.3, 0.4) is 0 Å². The fourth-order valence-corrected chi connectivity index (χ4v) is 0.876. The molecule has 0 fully saturated rings. The molecule has 0 aliphatic heterocycles. The molecule has 1 aromatic rings. The number of phenolic OH excluding ortho intramolecular Hbond substituents is 1. The number of aromatic hydroxyl groups is 1. The number of carbonyl (C=O) groups excluding carboxylic acids is 1. The summed E-state index contributed by atoms with van der Waals surface area (Å²) in [6.07, 6.45) is 0.809. The molecule has 0 saturated heterocycles. The zero-order chi connectivity index (χ0) is 9.68. The van der Waals surface area contributed by atoms with E-state index in [2.05, 4.69) is 0 Å². The van der Waals surface area contributed by atoms with E-state index in [1.54, 1.807) is 0 Å². The summed E-state index contributed by atoms with van der Waals surface area (Å²) in [6, 6.07) is 5.99. The molecule has 0 saturated carbocycles. The van der Waals surface area contributed by atoms with Gasteiger partial charge in [-0.3, -0.25) is 0 Å². The molecule has 1 rings (SSSR count). The first-order chi connectivity index (χ1) is 6.24. The van der Waals surface area contributed by atoms with Gasteiger partial charge in [-0.05, 0) is 30.7 Å². The normalized spacial score (nSPS) is 7.81. The lowest BCUT2D eigenvalue weighted by atomic mass is 10.2. The number of rotatable bonds is 3. The molecule has 0 bridgehead atoms. The van der Waals surface area contributed by atoms with Crippen molar-refractivity contribution in [3.63, 3.8) is 0 Å². The standard InChI is InChI=1S/C10H12O3.3H2O/c1-2-7-13-10(12)8-3-5-9(11)6-4-8;;;/h3-6,11H,2,7H2,1H3;3*1H2. The predicted octanol–water partition coefficient (Wildman–Crippen LogP) is -0.515. The Balaban J connectivity index is -0.000000563. The van der Waals surface area contributed by atoms with Gasteiger partial charge < -0.3 is 26.3 Å². The van der Waals surface area contributed by atoms with Gasteiger partial charge in [-0.15, -0.1) is 0 Å². The van der Waals surface area contributed by atoms with Gasteiger partial charge in [-0.25, -0.2) is 4.79 Å². The van der Waals surface area contributed by atoms with Crippen LogP contribution in [-0.2, 0) is 4.74 Å². The predicted molar refractivity (Wildman–Crippen MR) is 59.5 cm³/mol. The van der Waals surface area contributed by atoms with Crippen LogP contribution in [0.5, 0.6) is 5.75 Å². The van der Waals surface area contributed by atoms with Gasteiger partial charge in [0.05, 0.1) is 12.2 Å². The Kier molecular flexibility index (Phi) is 12.3. The first-order valence-corrected chi connectivity index (χ1v) is 4.20. The van der Waals surface area contributed by atoms with Crippen LogP contribution in [0.25, 0.3) is 0 Å². The van der Waals surface area contributed by atoms with E-state index in [1.165, 1.54) is 24.3 Å². The molecule has 1 aromatic carbocycles. The van der Waals surface area contributed by atoms with E-state index in [4.69, 9.17) is 9.84 Å². The molecule has 0 aliphatic rings. The molecule has 0 spiro atoms. The number of carbonyl (C=O) groups is 1. The Morgan fingerprint density at radius 3 is 2.12 bits per heavy atom. The number of hydrogen-bond donors (Lipinski definition) is 1. The maximum absolute atomic E-state index is 11.2. The van der Waals surface area contributed by atoms with Crippen molar-refractivity contribution in [3.05, 3.63) is 29.8 Å². The molecule has 6 nitrogen and oxygen atoms in total. The molecular formula is C10H18O6. The number of benzene rings is 1. The lowest BCUT2D eigenvalue weighted by Crippen LogP contribution is -2.05. The SMILES string of the molecule is CCCOC(=O)c1ccc(O)cc1.O.O.O. The maximum atomic E-state index is 11.2. The molecule has 0 aliphatic carbocycles. The fourth-order valence-electron chi connectivity index (χ4n) is 0.876. The summed E-state index contributed by atoms with van der Waals surface area (Å²) in [7, 11) is 0. The second kappa shape index (κ2) is 9.91. The third-order valence-electron chi connectivity index (χ3n) is 1.54. The lowest BCUT2D eigenvalue weighted by Gasteiger charge is -2.02. The van der Waals surface area contributed by atoms with Gasteiger partial charge in [0.1, 0.15) is 5.75 Å². The van der Waals surface area contributed by atoms with Crippen molar-refractivity contribution >= 4 is 5.97 Å². The average molecular weight is 234 g/mol. The van der Waals surface area contributed by atoms with E-state index in [0.29, 0.717) is 12.2 Å². The van der Waals surface area contributed by atoms with Crippen molar-refractivity contribution in [2.75, 3.05) is 6.61 Å². The van der Waals surface area contributed by atoms with Crippen molar-refractivity contribution in [3.8, 4) is 5.75 Å². The molecule has 6 heteroatoms. The van der Waals surface area contributed by atoms with Crippen LogP contribution in [-0.4, -0.2) is 34.1 Å². The third-order valence-corrected chi connectivity index (χ3v) is 1.54. The van der Waals surface area contributed by atoms with E-state index in [-0.39, 0.29) is 28.1 Å². The van der Waals surface area contributed by atoms with Crippen LogP contribution in [0.2, 0.25) is 0 Å². The van der Waals surface area contributed by atoms with Crippen LogP contribution in [0.15, 0.2) is 24.3 Å².